The number of hydrogen-bond acceptors (Lipinski definition) is 5. The maximum atomic E-state index is 12.6. The summed E-state index contributed by atoms with van der Waals surface area (Å²) >= 11 is 0. The first-order chi connectivity index (χ1) is 16.5. The van der Waals surface area contributed by atoms with Crippen molar-refractivity contribution < 1.29 is 19.0 Å². The minimum atomic E-state index is -0.327. The van der Waals surface area contributed by atoms with E-state index in [-0.39, 0.29) is 24.4 Å². The second kappa shape index (κ2) is 9.39. The summed E-state index contributed by atoms with van der Waals surface area (Å²) in [4.78, 5) is 2.20. The Morgan fingerprint density at radius 2 is 1.88 bits per heavy atom. The van der Waals surface area contributed by atoms with Gasteiger partial charge in [0.25, 0.3) is 0 Å². The quantitative estimate of drug-likeness (QED) is 0.467. The van der Waals surface area contributed by atoms with Crippen LogP contribution in [0.15, 0.2) is 66.7 Å². The lowest BCUT2D eigenvalue weighted by Gasteiger charge is -2.37. The number of aromatic hydroxyl groups is 1. The number of halogens is 1. The first kappa shape index (κ1) is 22.3. The third-order valence-corrected chi connectivity index (χ3v) is 6.59. The van der Waals surface area contributed by atoms with E-state index in [0.29, 0.717) is 12.3 Å². The summed E-state index contributed by atoms with van der Waals surface area (Å²) in [5.41, 5.74) is 11.7. The Balaban J connectivity index is 1.38. The van der Waals surface area contributed by atoms with Crippen LogP contribution in [0.5, 0.6) is 17.2 Å². The van der Waals surface area contributed by atoms with Crippen molar-refractivity contribution in [2.45, 2.75) is 13.0 Å². The molecule has 5 rings (SSSR count). The molecule has 3 N–H and O–H groups in total. The normalized spacial score (nSPS) is 18.2. The van der Waals surface area contributed by atoms with Crippen molar-refractivity contribution in [1.82, 2.24) is 4.90 Å². The lowest BCUT2D eigenvalue weighted by Crippen LogP contribution is -2.49. The summed E-state index contributed by atoms with van der Waals surface area (Å²) in [6.45, 7) is 4.81. The number of nitrogens with two attached hydrogens (primary N) is 1. The Bertz CT molecular complexity index is 1200. The van der Waals surface area contributed by atoms with E-state index in [1.165, 1.54) is 0 Å². The number of ether oxygens (including phenoxy) is 2. The van der Waals surface area contributed by atoms with Crippen molar-refractivity contribution in [3.8, 4) is 17.2 Å². The molecule has 1 fully saturated rings. The molecule has 0 aromatic heterocycles. The number of phenolic OH excluding ortho intramolecular Hbond substituents is 1. The molecule has 0 radical (unpaired) electrons. The zero-order chi connectivity index (χ0) is 23.7. The number of hydrogen-bond donors (Lipinski definition) is 2. The van der Waals surface area contributed by atoms with Gasteiger partial charge in [-0.15, -0.1) is 0 Å². The average molecular weight is 461 g/mol. The van der Waals surface area contributed by atoms with Crippen molar-refractivity contribution in [3.63, 3.8) is 0 Å². The van der Waals surface area contributed by atoms with E-state index >= 15 is 0 Å². The van der Waals surface area contributed by atoms with Gasteiger partial charge in [-0.05, 0) is 66.1 Å². The number of fused-ring (bicyclic) bond motifs is 1. The second-order valence-electron chi connectivity index (χ2n) is 9.04. The minimum Gasteiger partial charge on any atom is -0.508 e. The minimum absolute atomic E-state index is 0.189. The molecule has 5 nitrogen and oxygen atoms in total. The highest BCUT2D eigenvalue weighted by Gasteiger charge is 2.30. The molecule has 6 heteroatoms. The van der Waals surface area contributed by atoms with E-state index in [1.807, 2.05) is 55.5 Å². The fraction of sp³-hybridized carbons (Fsp3) is 0.286. The van der Waals surface area contributed by atoms with Crippen LogP contribution < -0.4 is 15.2 Å². The number of allylic oxidation sites excluding steroid dienone is 1. The van der Waals surface area contributed by atoms with E-state index < -0.39 is 0 Å². The zero-order valence-electron chi connectivity index (χ0n) is 19.2. The number of benzene rings is 3. The lowest BCUT2D eigenvalue weighted by molar-refractivity contribution is 0.0668. The van der Waals surface area contributed by atoms with Gasteiger partial charge in [0.05, 0.1) is 6.67 Å². The fourth-order valence-corrected chi connectivity index (χ4v) is 4.74. The number of anilines is 1. The van der Waals surface area contributed by atoms with Crippen molar-refractivity contribution in [3.05, 3.63) is 83.4 Å². The number of alkyl halides is 1. The monoisotopic (exact) mass is 460 g/mol. The lowest BCUT2D eigenvalue weighted by atomic mass is 9.86. The molecule has 0 amide bonds. The second-order valence-corrected chi connectivity index (χ2v) is 9.04. The SMILES string of the molecule is CC1=C(c2cccc(N)c2)[C@@H](c2ccc(OCCN3CC(CF)C3)cc2)Oc2ccc(O)cc21. The molecule has 1 saturated heterocycles. The van der Waals surface area contributed by atoms with Crippen LogP contribution in [0.25, 0.3) is 11.1 Å². The molecular weight excluding hydrogens is 431 g/mol. The predicted octanol–water partition coefficient (Wildman–Crippen LogP) is 5.32. The fourth-order valence-electron chi connectivity index (χ4n) is 4.74. The Morgan fingerprint density at radius 1 is 1.09 bits per heavy atom. The molecule has 0 aliphatic carbocycles. The van der Waals surface area contributed by atoms with Crippen molar-refractivity contribution in [2.75, 3.05) is 38.6 Å². The van der Waals surface area contributed by atoms with E-state index in [0.717, 1.165) is 59.0 Å². The summed E-state index contributed by atoms with van der Waals surface area (Å²) in [6, 6.07) is 20.9. The Hall–Kier alpha value is -3.51. The third-order valence-electron chi connectivity index (χ3n) is 6.59. The molecule has 1 atom stereocenters. The standard InChI is InChI=1S/C28H29FN2O3/c1-18-25-14-23(32)7-10-26(25)34-28(27(18)21-3-2-4-22(30)13-21)20-5-8-24(9-6-20)33-12-11-31-16-19(15-29)17-31/h2-10,13-14,19,28,32H,11-12,15-17,30H2,1H3/t28-/m1/s1. The largest absolute Gasteiger partial charge is 0.508 e. The topological polar surface area (TPSA) is 68.0 Å². The summed E-state index contributed by atoms with van der Waals surface area (Å²) in [7, 11) is 0. The maximum Gasteiger partial charge on any atom is 0.150 e. The molecule has 2 aliphatic rings. The number of phenols is 1. The van der Waals surface area contributed by atoms with Crippen molar-refractivity contribution in [1.29, 1.82) is 0 Å². The summed E-state index contributed by atoms with van der Waals surface area (Å²) in [6.07, 6.45) is -0.327. The first-order valence-corrected chi connectivity index (χ1v) is 11.6. The van der Waals surface area contributed by atoms with Crippen LogP contribution >= 0.6 is 0 Å². The van der Waals surface area contributed by atoms with Gasteiger partial charge in [-0.1, -0.05) is 24.3 Å². The first-order valence-electron chi connectivity index (χ1n) is 11.6. The van der Waals surface area contributed by atoms with Crippen molar-refractivity contribution in [2.24, 2.45) is 5.92 Å². The average Bonchev–Trinajstić information content (AvgIpc) is 2.81. The molecule has 0 unspecified atom stereocenters. The van der Waals surface area contributed by atoms with Gasteiger partial charge in [0, 0.05) is 42.4 Å². The van der Waals surface area contributed by atoms with Gasteiger partial charge in [-0.25, -0.2) is 0 Å². The Kier molecular flexibility index (Phi) is 6.16. The Morgan fingerprint density at radius 3 is 2.62 bits per heavy atom. The smallest absolute Gasteiger partial charge is 0.150 e. The maximum absolute atomic E-state index is 12.6. The molecule has 176 valence electrons. The third kappa shape index (κ3) is 4.46. The molecule has 0 bridgehead atoms. The van der Waals surface area contributed by atoms with E-state index in [2.05, 4.69) is 4.90 Å². The van der Waals surface area contributed by atoms with Crippen LogP contribution in [0.1, 0.15) is 29.7 Å². The number of rotatable bonds is 7. The van der Waals surface area contributed by atoms with Crippen molar-refractivity contribution >= 4 is 16.8 Å². The Labute approximate surface area is 199 Å². The predicted molar refractivity (Wildman–Crippen MR) is 133 cm³/mol. The molecular formula is C28H29FN2O3. The van der Waals surface area contributed by atoms with Crippen LogP contribution in [-0.4, -0.2) is 42.9 Å². The molecule has 34 heavy (non-hydrogen) atoms. The van der Waals surface area contributed by atoms with Gasteiger partial charge >= 0.3 is 0 Å². The summed E-state index contributed by atoms with van der Waals surface area (Å²) in [5, 5.41) is 10.0. The van der Waals surface area contributed by atoms with Gasteiger partial charge in [0.15, 0.2) is 0 Å². The van der Waals surface area contributed by atoms with Gasteiger partial charge in [0.1, 0.15) is 30.0 Å². The highest BCUT2D eigenvalue weighted by molar-refractivity contribution is 5.96. The molecule has 3 aromatic carbocycles. The number of likely N-dealkylation sites (tertiary alicyclic amines) is 1. The van der Waals surface area contributed by atoms with Crippen LogP contribution in [0, 0.1) is 5.92 Å². The van der Waals surface area contributed by atoms with Crippen LogP contribution in [0.2, 0.25) is 0 Å². The van der Waals surface area contributed by atoms with E-state index in [1.54, 1.807) is 18.2 Å². The van der Waals surface area contributed by atoms with Gasteiger partial charge in [0.2, 0.25) is 0 Å². The molecule has 2 heterocycles. The summed E-state index contributed by atoms with van der Waals surface area (Å²) in [5.74, 6) is 1.91. The molecule has 0 spiro atoms. The molecule has 3 aromatic rings. The van der Waals surface area contributed by atoms with Gasteiger partial charge < -0.3 is 20.3 Å². The van der Waals surface area contributed by atoms with Crippen LogP contribution in [-0.2, 0) is 0 Å². The van der Waals surface area contributed by atoms with Crippen LogP contribution in [0.3, 0.4) is 0 Å². The van der Waals surface area contributed by atoms with E-state index in [9.17, 15) is 9.50 Å². The van der Waals surface area contributed by atoms with Crippen LogP contribution in [0.4, 0.5) is 10.1 Å². The van der Waals surface area contributed by atoms with Gasteiger partial charge in [-0.2, -0.15) is 0 Å². The zero-order valence-corrected chi connectivity index (χ0v) is 19.2. The molecule has 0 saturated carbocycles. The van der Waals surface area contributed by atoms with Gasteiger partial charge in [-0.3, -0.25) is 9.29 Å². The van der Waals surface area contributed by atoms with E-state index in [4.69, 9.17) is 15.2 Å². The summed E-state index contributed by atoms with van der Waals surface area (Å²) < 4.78 is 24.9. The highest BCUT2D eigenvalue weighted by atomic mass is 19.1. The highest BCUT2D eigenvalue weighted by Crippen LogP contribution is 2.47. The molecule has 2 aliphatic heterocycles. The number of nitrogen functional groups attached to an aromatic ring is 1. The number of nitrogens with zero attached hydrogens (tertiary/aromatic N) is 1.